The van der Waals surface area contributed by atoms with Crippen molar-refractivity contribution in [3.63, 3.8) is 0 Å². The summed E-state index contributed by atoms with van der Waals surface area (Å²) in [5, 5.41) is 3.41. The highest BCUT2D eigenvalue weighted by Gasteiger charge is 2.46. The number of nitrogens with zero attached hydrogens (tertiary/aromatic N) is 2. The van der Waals surface area contributed by atoms with E-state index in [1.165, 1.54) is 0 Å². The van der Waals surface area contributed by atoms with Crippen LogP contribution in [0.2, 0.25) is 0 Å². The lowest BCUT2D eigenvalue weighted by Gasteiger charge is -2.50. The number of rotatable bonds is 2. The van der Waals surface area contributed by atoms with Crippen LogP contribution in [0.15, 0.2) is 12.4 Å². The van der Waals surface area contributed by atoms with Gasteiger partial charge in [-0.05, 0) is 13.3 Å². The lowest BCUT2D eigenvalue weighted by molar-refractivity contribution is 0.117. The molecule has 0 bridgehead atoms. The van der Waals surface area contributed by atoms with Crippen molar-refractivity contribution in [1.29, 1.82) is 0 Å². The van der Waals surface area contributed by atoms with Crippen LogP contribution < -0.4 is 11.1 Å². The van der Waals surface area contributed by atoms with E-state index >= 15 is 0 Å². The molecule has 1 fully saturated rings. The van der Waals surface area contributed by atoms with Crippen LogP contribution in [-0.4, -0.2) is 22.1 Å². The summed E-state index contributed by atoms with van der Waals surface area (Å²) >= 11 is 0. The first-order valence-electron chi connectivity index (χ1n) is 5.31. The number of hydrogen-bond acceptors (Lipinski definition) is 4. The average molecular weight is 206 g/mol. The van der Waals surface area contributed by atoms with Crippen molar-refractivity contribution in [3.05, 3.63) is 18.1 Å². The molecule has 0 aliphatic heterocycles. The van der Waals surface area contributed by atoms with Crippen LogP contribution in [0.5, 0.6) is 0 Å². The Morgan fingerprint density at radius 2 is 2.07 bits per heavy atom. The Bertz CT molecular complexity index is 361. The summed E-state index contributed by atoms with van der Waals surface area (Å²) in [6.07, 6.45) is 4.42. The highest BCUT2D eigenvalue weighted by atomic mass is 15.1. The van der Waals surface area contributed by atoms with Crippen LogP contribution in [0.4, 0.5) is 5.82 Å². The van der Waals surface area contributed by atoms with Gasteiger partial charge in [0.1, 0.15) is 5.82 Å². The Balaban J connectivity index is 2.08. The second-order valence-corrected chi connectivity index (χ2v) is 4.85. The monoisotopic (exact) mass is 206 g/mol. The standard InChI is InChI=1S/C11H18N4/c1-7-10(14-5-4-13-7)15-9-6-8(12)11(9,2)3/h4-5,8-9H,6,12H2,1-3H3,(H,14,15). The molecule has 1 aromatic heterocycles. The molecule has 1 aliphatic rings. The minimum atomic E-state index is 0.143. The molecule has 1 saturated carbocycles. The Morgan fingerprint density at radius 3 is 2.60 bits per heavy atom. The highest BCUT2D eigenvalue weighted by molar-refractivity contribution is 5.41. The molecule has 15 heavy (non-hydrogen) atoms. The summed E-state index contributed by atoms with van der Waals surface area (Å²) in [7, 11) is 0. The predicted octanol–water partition coefficient (Wildman–Crippen LogP) is 1.32. The van der Waals surface area contributed by atoms with Crippen LogP contribution in [0.3, 0.4) is 0 Å². The Hall–Kier alpha value is -1.16. The van der Waals surface area contributed by atoms with Crippen molar-refractivity contribution in [2.45, 2.75) is 39.3 Å². The molecule has 0 saturated heterocycles. The van der Waals surface area contributed by atoms with E-state index in [-0.39, 0.29) is 11.5 Å². The largest absolute Gasteiger partial charge is 0.365 e. The SMILES string of the molecule is Cc1nccnc1NC1CC(N)C1(C)C. The third-order valence-electron chi connectivity index (χ3n) is 3.54. The van der Waals surface area contributed by atoms with E-state index in [0.717, 1.165) is 17.9 Å². The van der Waals surface area contributed by atoms with Crippen molar-refractivity contribution in [2.75, 3.05) is 5.32 Å². The first-order chi connectivity index (χ1) is 7.01. The zero-order valence-corrected chi connectivity index (χ0v) is 9.49. The van der Waals surface area contributed by atoms with Gasteiger partial charge in [0.15, 0.2) is 0 Å². The van der Waals surface area contributed by atoms with Gasteiger partial charge in [-0.15, -0.1) is 0 Å². The van der Waals surface area contributed by atoms with Gasteiger partial charge < -0.3 is 11.1 Å². The van der Waals surface area contributed by atoms with Crippen LogP contribution in [0.1, 0.15) is 26.0 Å². The first kappa shape index (κ1) is 10.4. The molecule has 1 aromatic rings. The van der Waals surface area contributed by atoms with Crippen molar-refractivity contribution >= 4 is 5.82 Å². The van der Waals surface area contributed by atoms with Crippen molar-refractivity contribution in [2.24, 2.45) is 11.1 Å². The summed E-state index contributed by atoms with van der Waals surface area (Å²) in [4.78, 5) is 8.48. The van der Waals surface area contributed by atoms with Gasteiger partial charge in [0.2, 0.25) is 0 Å². The van der Waals surface area contributed by atoms with Gasteiger partial charge in [-0.2, -0.15) is 0 Å². The molecular formula is C11H18N4. The van der Waals surface area contributed by atoms with E-state index < -0.39 is 0 Å². The van der Waals surface area contributed by atoms with E-state index in [9.17, 15) is 0 Å². The zero-order chi connectivity index (χ0) is 11.1. The average Bonchev–Trinajstić information content (AvgIpc) is 2.20. The van der Waals surface area contributed by atoms with Crippen LogP contribution in [0.25, 0.3) is 0 Å². The van der Waals surface area contributed by atoms with E-state index in [4.69, 9.17) is 5.73 Å². The van der Waals surface area contributed by atoms with Crippen LogP contribution in [-0.2, 0) is 0 Å². The molecule has 1 aliphatic carbocycles. The minimum Gasteiger partial charge on any atom is -0.365 e. The molecule has 2 rings (SSSR count). The van der Waals surface area contributed by atoms with Gasteiger partial charge in [0.25, 0.3) is 0 Å². The summed E-state index contributed by atoms with van der Waals surface area (Å²) in [6, 6.07) is 0.690. The molecular weight excluding hydrogens is 188 g/mol. The summed E-state index contributed by atoms with van der Waals surface area (Å²) in [6.45, 7) is 6.33. The van der Waals surface area contributed by atoms with E-state index in [1.54, 1.807) is 12.4 Å². The summed E-state index contributed by atoms with van der Waals surface area (Å²) in [5.41, 5.74) is 7.04. The minimum absolute atomic E-state index is 0.143. The van der Waals surface area contributed by atoms with Gasteiger partial charge in [-0.1, -0.05) is 13.8 Å². The zero-order valence-electron chi connectivity index (χ0n) is 9.49. The Kier molecular flexibility index (Phi) is 2.38. The van der Waals surface area contributed by atoms with Gasteiger partial charge in [0, 0.05) is 29.9 Å². The normalized spacial score (nSPS) is 28.3. The summed E-state index contributed by atoms with van der Waals surface area (Å²) in [5.74, 6) is 0.877. The van der Waals surface area contributed by atoms with Gasteiger partial charge in [0.05, 0.1) is 5.69 Å². The number of anilines is 1. The fourth-order valence-electron chi connectivity index (χ4n) is 1.92. The number of nitrogens with two attached hydrogens (primary N) is 1. The third kappa shape index (κ3) is 1.69. The summed E-state index contributed by atoms with van der Waals surface area (Å²) < 4.78 is 0. The molecule has 0 amide bonds. The van der Waals surface area contributed by atoms with E-state index in [2.05, 4.69) is 29.1 Å². The molecule has 0 spiro atoms. The Labute approximate surface area is 90.3 Å². The smallest absolute Gasteiger partial charge is 0.147 e. The van der Waals surface area contributed by atoms with Crippen molar-refractivity contribution < 1.29 is 0 Å². The van der Waals surface area contributed by atoms with Crippen molar-refractivity contribution in [3.8, 4) is 0 Å². The van der Waals surface area contributed by atoms with E-state index in [0.29, 0.717) is 6.04 Å². The molecule has 1 heterocycles. The molecule has 2 unspecified atom stereocenters. The fourth-order valence-corrected chi connectivity index (χ4v) is 1.92. The maximum Gasteiger partial charge on any atom is 0.147 e. The maximum atomic E-state index is 5.96. The number of nitrogens with one attached hydrogen (secondary N) is 1. The molecule has 0 aromatic carbocycles. The molecule has 4 heteroatoms. The van der Waals surface area contributed by atoms with E-state index in [1.807, 2.05) is 6.92 Å². The lowest BCUT2D eigenvalue weighted by Crippen LogP contribution is -2.61. The number of hydrogen-bond donors (Lipinski definition) is 2. The number of aromatic nitrogens is 2. The lowest BCUT2D eigenvalue weighted by atomic mass is 9.63. The number of aryl methyl sites for hydroxylation is 1. The van der Waals surface area contributed by atoms with Crippen molar-refractivity contribution in [1.82, 2.24) is 9.97 Å². The molecule has 82 valence electrons. The quantitative estimate of drug-likeness (QED) is 0.766. The topological polar surface area (TPSA) is 63.8 Å². The molecule has 2 atom stereocenters. The third-order valence-corrected chi connectivity index (χ3v) is 3.54. The molecule has 4 nitrogen and oxygen atoms in total. The van der Waals surface area contributed by atoms with Crippen LogP contribution >= 0.6 is 0 Å². The predicted molar refractivity (Wildman–Crippen MR) is 60.6 cm³/mol. The fraction of sp³-hybridized carbons (Fsp3) is 0.636. The Morgan fingerprint density at radius 1 is 1.40 bits per heavy atom. The van der Waals surface area contributed by atoms with Gasteiger partial charge in [-0.3, -0.25) is 4.98 Å². The molecule has 3 N–H and O–H groups in total. The first-order valence-corrected chi connectivity index (χ1v) is 5.31. The van der Waals surface area contributed by atoms with Crippen LogP contribution in [0, 0.1) is 12.3 Å². The second kappa shape index (κ2) is 3.45. The maximum absolute atomic E-state index is 5.96. The second-order valence-electron chi connectivity index (χ2n) is 4.85. The van der Waals surface area contributed by atoms with Gasteiger partial charge >= 0.3 is 0 Å². The van der Waals surface area contributed by atoms with Gasteiger partial charge in [-0.25, -0.2) is 4.98 Å². The highest BCUT2D eigenvalue weighted by Crippen LogP contribution is 2.40. The molecule has 0 radical (unpaired) electrons.